The van der Waals surface area contributed by atoms with Gasteiger partial charge in [-0.05, 0) is 37.8 Å². The zero-order valence-electron chi connectivity index (χ0n) is 17.3. The number of aromatic nitrogens is 5. The van der Waals surface area contributed by atoms with Crippen LogP contribution in [0.3, 0.4) is 0 Å². The fraction of sp³-hybridized carbons (Fsp3) is 0.476. The zero-order valence-corrected chi connectivity index (χ0v) is 17.3. The van der Waals surface area contributed by atoms with Crippen LogP contribution in [-0.2, 0) is 0 Å². The monoisotopic (exact) mass is 394 g/mol. The van der Waals surface area contributed by atoms with Gasteiger partial charge in [0.05, 0.1) is 23.0 Å². The Hall–Kier alpha value is -3.03. The van der Waals surface area contributed by atoms with Crippen LogP contribution < -0.4 is 0 Å². The molecule has 4 rings (SSSR count). The average molecular weight is 394 g/mol. The summed E-state index contributed by atoms with van der Waals surface area (Å²) in [6, 6.07) is 3.71. The summed E-state index contributed by atoms with van der Waals surface area (Å²) in [5.74, 6) is 2.54. The highest BCUT2D eigenvalue weighted by Crippen LogP contribution is 2.22. The van der Waals surface area contributed by atoms with Crippen molar-refractivity contribution in [3.05, 3.63) is 41.6 Å². The number of hydrogen-bond acceptors (Lipinski definition) is 6. The molecule has 1 aliphatic rings. The number of piperidine rings is 1. The fourth-order valence-electron chi connectivity index (χ4n) is 3.62. The highest BCUT2D eigenvalue weighted by atomic mass is 16.5. The minimum atomic E-state index is 0.0454. The van der Waals surface area contributed by atoms with Crippen LogP contribution in [0.15, 0.2) is 29.0 Å². The lowest BCUT2D eigenvalue weighted by molar-refractivity contribution is 0.0682. The molecule has 0 spiro atoms. The molecular weight excluding hydrogens is 368 g/mol. The van der Waals surface area contributed by atoms with Gasteiger partial charge in [0.15, 0.2) is 11.6 Å². The second kappa shape index (κ2) is 7.77. The molecule has 0 aromatic carbocycles. The van der Waals surface area contributed by atoms with Gasteiger partial charge in [-0.2, -0.15) is 10.1 Å². The molecule has 0 bridgehead atoms. The number of rotatable bonds is 4. The van der Waals surface area contributed by atoms with E-state index >= 15 is 0 Å². The molecule has 0 saturated carbocycles. The minimum absolute atomic E-state index is 0.0454. The minimum Gasteiger partial charge on any atom is -0.338 e. The predicted molar refractivity (Wildman–Crippen MR) is 108 cm³/mol. The summed E-state index contributed by atoms with van der Waals surface area (Å²) in [5.41, 5.74) is 2.16. The molecule has 3 aromatic heterocycles. The molecule has 1 atom stereocenters. The van der Waals surface area contributed by atoms with Gasteiger partial charge in [-0.3, -0.25) is 4.79 Å². The SMILES string of the molecule is Cc1c(C(=O)N2CCC[C@@H](C)C2)cnn1-c1ccc(-c2nc(C(C)C)no2)cn1. The van der Waals surface area contributed by atoms with Gasteiger partial charge in [0.25, 0.3) is 11.8 Å². The highest BCUT2D eigenvalue weighted by molar-refractivity contribution is 5.95. The molecule has 3 aromatic rings. The molecule has 0 N–H and O–H groups in total. The standard InChI is InChI=1S/C21H26N6O2/c1-13(2)19-24-20(29-25-19)16-7-8-18(22-10-16)27-15(4)17(11-23-27)21(28)26-9-5-6-14(3)12-26/h7-8,10-11,13-14H,5-6,9,12H2,1-4H3/t14-/m1/s1. The molecule has 1 aliphatic heterocycles. The quantitative estimate of drug-likeness (QED) is 0.671. The van der Waals surface area contributed by atoms with Crippen molar-refractivity contribution < 1.29 is 9.32 Å². The van der Waals surface area contributed by atoms with Crippen molar-refractivity contribution in [3.8, 4) is 17.3 Å². The van der Waals surface area contributed by atoms with Crippen LogP contribution in [-0.4, -0.2) is 48.8 Å². The summed E-state index contributed by atoms with van der Waals surface area (Å²) >= 11 is 0. The van der Waals surface area contributed by atoms with Gasteiger partial charge in [0.1, 0.15) is 0 Å². The Balaban J connectivity index is 1.55. The number of amides is 1. The smallest absolute Gasteiger partial charge is 0.259 e. The number of carbonyl (C=O) groups is 1. The van der Waals surface area contributed by atoms with Crippen LogP contribution >= 0.6 is 0 Å². The van der Waals surface area contributed by atoms with Crippen molar-refractivity contribution in [3.63, 3.8) is 0 Å². The molecule has 152 valence electrons. The van der Waals surface area contributed by atoms with E-state index < -0.39 is 0 Å². The predicted octanol–water partition coefficient (Wildman–Crippen LogP) is 3.62. The van der Waals surface area contributed by atoms with E-state index in [4.69, 9.17) is 4.52 Å². The summed E-state index contributed by atoms with van der Waals surface area (Å²) in [6.07, 6.45) is 5.55. The third-order valence-electron chi connectivity index (χ3n) is 5.35. The lowest BCUT2D eigenvalue weighted by atomic mass is 9.99. The van der Waals surface area contributed by atoms with Crippen LogP contribution in [0.5, 0.6) is 0 Å². The highest BCUT2D eigenvalue weighted by Gasteiger charge is 2.25. The van der Waals surface area contributed by atoms with Crippen LogP contribution in [0.4, 0.5) is 0 Å². The molecule has 1 amide bonds. The molecule has 4 heterocycles. The largest absolute Gasteiger partial charge is 0.338 e. The number of likely N-dealkylation sites (tertiary alicyclic amines) is 1. The van der Waals surface area contributed by atoms with Crippen molar-refractivity contribution in [1.29, 1.82) is 0 Å². The van der Waals surface area contributed by atoms with E-state index in [1.54, 1.807) is 17.1 Å². The first-order chi connectivity index (χ1) is 13.9. The Bertz CT molecular complexity index is 1000. The van der Waals surface area contributed by atoms with Gasteiger partial charge in [0.2, 0.25) is 0 Å². The third-order valence-corrected chi connectivity index (χ3v) is 5.35. The summed E-state index contributed by atoms with van der Waals surface area (Å²) < 4.78 is 7.01. The molecule has 1 fully saturated rings. The van der Waals surface area contributed by atoms with Gasteiger partial charge in [-0.25, -0.2) is 9.67 Å². The average Bonchev–Trinajstić information content (AvgIpc) is 3.35. The summed E-state index contributed by atoms with van der Waals surface area (Å²) in [4.78, 5) is 23.7. The second-order valence-electron chi connectivity index (χ2n) is 8.07. The lowest BCUT2D eigenvalue weighted by Crippen LogP contribution is -2.39. The number of pyridine rings is 1. The summed E-state index contributed by atoms with van der Waals surface area (Å²) in [7, 11) is 0. The summed E-state index contributed by atoms with van der Waals surface area (Å²) in [6.45, 7) is 9.73. The first-order valence-electron chi connectivity index (χ1n) is 10.1. The van der Waals surface area contributed by atoms with Crippen molar-refractivity contribution in [1.82, 2.24) is 29.8 Å². The Morgan fingerprint density at radius 2 is 2.10 bits per heavy atom. The molecule has 1 saturated heterocycles. The topological polar surface area (TPSA) is 89.9 Å². The maximum atomic E-state index is 12.9. The Labute approximate surface area is 169 Å². The molecule has 8 heteroatoms. The van der Waals surface area contributed by atoms with E-state index in [1.807, 2.05) is 37.8 Å². The van der Waals surface area contributed by atoms with Crippen molar-refractivity contribution in [2.75, 3.05) is 13.1 Å². The van der Waals surface area contributed by atoms with E-state index in [0.717, 1.165) is 30.8 Å². The van der Waals surface area contributed by atoms with E-state index in [9.17, 15) is 4.79 Å². The maximum absolute atomic E-state index is 12.9. The zero-order chi connectivity index (χ0) is 20.5. The van der Waals surface area contributed by atoms with Crippen molar-refractivity contribution in [2.24, 2.45) is 5.92 Å². The van der Waals surface area contributed by atoms with E-state index in [1.165, 1.54) is 6.42 Å². The molecule has 0 aliphatic carbocycles. The Morgan fingerprint density at radius 3 is 2.76 bits per heavy atom. The number of hydrogen-bond donors (Lipinski definition) is 0. The van der Waals surface area contributed by atoms with Crippen LogP contribution in [0, 0.1) is 12.8 Å². The van der Waals surface area contributed by atoms with E-state index in [2.05, 4.69) is 27.1 Å². The third kappa shape index (κ3) is 3.79. The summed E-state index contributed by atoms with van der Waals surface area (Å²) in [5, 5.41) is 8.39. The molecule has 29 heavy (non-hydrogen) atoms. The Morgan fingerprint density at radius 1 is 1.28 bits per heavy atom. The van der Waals surface area contributed by atoms with E-state index in [-0.39, 0.29) is 11.8 Å². The molecular formula is C21H26N6O2. The van der Waals surface area contributed by atoms with Crippen LogP contribution in [0.2, 0.25) is 0 Å². The lowest BCUT2D eigenvalue weighted by Gasteiger charge is -2.30. The second-order valence-corrected chi connectivity index (χ2v) is 8.07. The van der Waals surface area contributed by atoms with Crippen LogP contribution in [0.25, 0.3) is 17.3 Å². The maximum Gasteiger partial charge on any atom is 0.259 e. The molecule has 0 unspecified atom stereocenters. The van der Waals surface area contributed by atoms with Crippen molar-refractivity contribution in [2.45, 2.75) is 46.5 Å². The van der Waals surface area contributed by atoms with Gasteiger partial charge in [-0.1, -0.05) is 25.9 Å². The van der Waals surface area contributed by atoms with Gasteiger partial charge < -0.3 is 9.42 Å². The van der Waals surface area contributed by atoms with Gasteiger partial charge >= 0.3 is 0 Å². The van der Waals surface area contributed by atoms with Crippen LogP contribution in [0.1, 0.15) is 61.4 Å². The number of nitrogens with zero attached hydrogens (tertiary/aromatic N) is 6. The van der Waals surface area contributed by atoms with E-state index in [0.29, 0.717) is 29.0 Å². The fourth-order valence-corrected chi connectivity index (χ4v) is 3.62. The first-order valence-corrected chi connectivity index (χ1v) is 10.1. The molecule has 8 nitrogen and oxygen atoms in total. The Kier molecular flexibility index (Phi) is 5.17. The van der Waals surface area contributed by atoms with Gasteiger partial charge in [-0.15, -0.1) is 0 Å². The number of carbonyl (C=O) groups excluding carboxylic acids is 1. The first kappa shape index (κ1) is 19.3. The normalized spacial score (nSPS) is 17.1. The molecule has 0 radical (unpaired) electrons. The van der Waals surface area contributed by atoms with Crippen molar-refractivity contribution >= 4 is 5.91 Å². The van der Waals surface area contributed by atoms with Gasteiger partial charge in [0, 0.05) is 25.2 Å².